The largest absolute Gasteiger partial charge is 0.375 e. The fourth-order valence-electron chi connectivity index (χ4n) is 1.78. The van der Waals surface area contributed by atoms with Crippen molar-refractivity contribution in [3.63, 3.8) is 0 Å². The number of primary sulfonamides is 1. The van der Waals surface area contributed by atoms with Crippen LogP contribution in [0.3, 0.4) is 0 Å². The number of nitro benzene ring substituents is 1. The average molecular weight is 302 g/mol. The molecule has 0 spiro atoms. The van der Waals surface area contributed by atoms with Gasteiger partial charge in [0.1, 0.15) is 5.69 Å². The summed E-state index contributed by atoms with van der Waals surface area (Å²) in [7, 11) is -3.98. The van der Waals surface area contributed by atoms with Crippen LogP contribution in [0.1, 0.15) is 19.8 Å². The number of sulfonamides is 1. The maximum Gasteiger partial charge on any atom is 0.293 e. The van der Waals surface area contributed by atoms with Crippen LogP contribution in [0.5, 0.6) is 0 Å². The van der Waals surface area contributed by atoms with E-state index in [9.17, 15) is 18.5 Å². The van der Waals surface area contributed by atoms with Crippen molar-refractivity contribution in [3.05, 3.63) is 28.3 Å². The lowest BCUT2D eigenvalue weighted by Gasteiger charge is -2.17. The Morgan fingerprint density at radius 3 is 2.55 bits per heavy atom. The minimum absolute atomic E-state index is 0.112. The third kappa shape index (κ3) is 4.15. The van der Waals surface area contributed by atoms with Gasteiger partial charge in [-0.15, -0.1) is 0 Å². The number of nitrogens with zero attached hydrogens (tertiary/aromatic N) is 1. The van der Waals surface area contributed by atoms with Crippen LogP contribution in [0.2, 0.25) is 0 Å². The van der Waals surface area contributed by atoms with Crippen molar-refractivity contribution in [1.29, 1.82) is 0 Å². The van der Waals surface area contributed by atoms with E-state index in [1.54, 1.807) is 0 Å². The third-order valence-electron chi connectivity index (χ3n) is 2.78. The Morgan fingerprint density at radius 2 is 2.10 bits per heavy atom. The molecule has 20 heavy (non-hydrogen) atoms. The summed E-state index contributed by atoms with van der Waals surface area (Å²) in [5.41, 5.74) is 5.47. The monoisotopic (exact) mass is 302 g/mol. The third-order valence-corrected chi connectivity index (χ3v) is 3.69. The van der Waals surface area contributed by atoms with Crippen LogP contribution in [0.4, 0.5) is 11.4 Å². The summed E-state index contributed by atoms with van der Waals surface area (Å²) in [5.74, 6) is 0. The Bertz CT molecular complexity index is 588. The number of anilines is 1. The second-order valence-electron chi connectivity index (χ2n) is 4.35. The average Bonchev–Trinajstić information content (AvgIpc) is 2.36. The molecule has 9 heteroatoms. The van der Waals surface area contributed by atoms with E-state index in [2.05, 4.69) is 5.32 Å². The zero-order valence-corrected chi connectivity index (χ0v) is 11.9. The second-order valence-corrected chi connectivity index (χ2v) is 5.91. The van der Waals surface area contributed by atoms with Crippen molar-refractivity contribution in [1.82, 2.24) is 0 Å². The zero-order chi connectivity index (χ0) is 15.3. The van der Waals surface area contributed by atoms with E-state index in [0.29, 0.717) is 6.54 Å². The summed E-state index contributed by atoms with van der Waals surface area (Å²) in [4.78, 5) is 10.1. The van der Waals surface area contributed by atoms with Crippen LogP contribution in [0.15, 0.2) is 23.1 Å². The number of nitro groups is 1. The molecule has 1 aromatic rings. The summed E-state index contributed by atoms with van der Waals surface area (Å²) in [6.07, 6.45) is 1.63. The van der Waals surface area contributed by atoms with Crippen LogP contribution in [0.25, 0.3) is 0 Å². The molecule has 1 aromatic carbocycles. The summed E-state index contributed by atoms with van der Waals surface area (Å²) >= 11 is 0. The van der Waals surface area contributed by atoms with Gasteiger partial charge >= 0.3 is 0 Å². The number of hydrogen-bond donors (Lipinski definition) is 3. The minimum Gasteiger partial charge on any atom is -0.375 e. The number of benzene rings is 1. The predicted molar refractivity (Wildman–Crippen MR) is 75.8 cm³/mol. The molecular weight excluding hydrogens is 284 g/mol. The molecule has 0 saturated heterocycles. The molecule has 1 rings (SSSR count). The molecule has 1 atom stereocenters. The van der Waals surface area contributed by atoms with Crippen molar-refractivity contribution in [2.45, 2.75) is 30.7 Å². The van der Waals surface area contributed by atoms with Gasteiger partial charge in [0, 0.05) is 18.7 Å². The Kier molecular flexibility index (Phi) is 5.43. The summed E-state index contributed by atoms with van der Waals surface area (Å²) in [6, 6.07) is 3.39. The Balaban J connectivity index is 3.17. The molecule has 0 aliphatic rings. The molecule has 0 radical (unpaired) electrons. The minimum atomic E-state index is -3.98. The van der Waals surface area contributed by atoms with Crippen LogP contribution < -0.4 is 16.2 Å². The molecule has 0 saturated carbocycles. The lowest BCUT2D eigenvalue weighted by Crippen LogP contribution is -2.29. The number of hydrogen-bond acceptors (Lipinski definition) is 6. The molecule has 1 unspecified atom stereocenters. The van der Waals surface area contributed by atoms with Gasteiger partial charge in [-0.25, -0.2) is 13.6 Å². The van der Waals surface area contributed by atoms with Crippen LogP contribution >= 0.6 is 0 Å². The van der Waals surface area contributed by atoms with E-state index in [0.717, 1.165) is 18.9 Å². The number of nitrogens with two attached hydrogens (primary N) is 2. The Morgan fingerprint density at radius 1 is 1.45 bits per heavy atom. The first-order valence-corrected chi connectivity index (χ1v) is 7.62. The predicted octanol–water partition coefficient (Wildman–Crippen LogP) is 0.782. The molecule has 0 amide bonds. The highest BCUT2D eigenvalue weighted by Crippen LogP contribution is 2.28. The van der Waals surface area contributed by atoms with Gasteiger partial charge in [-0.05, 0) is 18.6 Å². The SMILES string of the molecule is CCCC(CN)Nc1ccc(S(N)(=O)=O)cc1[N+](=O)[O-]. The summed E-state index contributed by atoms with van der Waals surface area (Å²) < 4.78 is 22.4. The van der Waals surface area contributed by atoms with Gasteiger partial charge in [-0.3, -0.25) is 10.1 Å². The van der Waals surface area contributed by atoms with E-state index in [1.807, 2.05) is 6.92 Å². The lowest BCUT2D eigenvalue weighted by molar-refractivity contribution is -0.384. The Hall–Kier alpha value is -1.71. The first-order chi connectivity index (χ1) is 9.29. The molecule has 0 fully saturated rings. The van der Waals surface area contributed by atoms with E-state index >= 15 is 0 Å². The molecule has 0 aliphatic carbocycles. The van der Waals surface area contributed by atoms with E-state index in [-0.39, 0.29) is 22.3 Å². The van der Waals surface area contributed by atoms with Crippen molar-refractivity contribution >= 4 is 21.4 Å². The zero-order valence-electron chi connectivity index (χ0n) is 11.1. The normalized spacial score (nSPS) is 12.9. The topological polar surface area (TPSA) is 141 Å². The molecule has 0 aliphatic heterocycles. The molecule has 0 bridgehead atoms. The molecule has 112 valence electrons. The second kappa shape index (κ2) is 6.64. The molecule has 0 heterocycles. The van der Waals surface area contributed by atoms with Gasteiger partial charge in [0.25, 0.3) is 5.69 Å². The van der Waals surface area contributed by atoms with Crippen molar-refractivity contribution < 1.29 is 13.3 Å². The fraction of sp³-hybridized carbons (Fsp3) is 0.455. The highest BCUT2D eigenvalue weighted by Gasteiger charge is 2.20. The van der Waals surface area contributed by atoms with Gasteiger partial charge in [0.15, 0.2) is 0 Å². The lowest BCUT2D eigenvalue weighted by atomic mass is 10.1. The van der Waals surface area contributed by atoms with Gasteiger partial charge in [-0.1, -0.05) is 13.3 Å². The standard InChI is InChI=1S/C11H18N4O4S/c1-2-3-8(7-12)14-10-5-4-9(20(13,18)19)6-11(10)15(16)17/h4-6,8,14H,2-3,7,12H2,1H3,(H2,13,18,19). The highest BCUT2D eigenvalue weighted by molar-refractivity contribution is 7.89. The Labute approximate surface area is 117 Å². The molecular formula is C11H18N4O4S. The van der Waals surface area contributed by atoms with Gasteiger partial charge in [0.05, 0.1) is 9.82 Å². The van der Waals surface area contributed by atoms with Gasteiger partial charge < -0.3 is 11.1 Å². The first kappa shape index (κ1) is 16.3. The van der Waals surface area contributed by atoms with Crippen molar-refractivity contribution in [2.75, 3.05) is 11.9 Å². The van der Waals surface area contributed by atoms with Crippen LogP contribution in [-0.2, 0) is 10.0 Å². The maximum absolute atomic E-state index is 11.2. The van der Waals surface area contributed by atoms with Gasteiger partial charge in [-0.2, -0.15) is 0 Å². The van der Waals surface area contributed by atoms with E-state index < -0.39 is 14.9 Å². The quantitative estimate of drug-likeness (QED) is 0.502. The van der Waals surface area contributed by atoms with Crippen molar-refractivity contribution in [2.24, 2.45) is 10.9 Å². The van der Waals surface area contributed by atoms with E-state index in [4.69, 9.17) is 10.9 Å². The van der Waals surface area contributed by atoms with Crippen LogP contribution in [-0.4, -0.2) is 25.9 Å². The molecule has 8 nitrogen and oxygen atoms in total. The smallest absolute Gasteiger partial charge is 0.293 e. The molecule has 5 N–H and O–H groups in total. The number of rotatable bonds is 7. The van der Waals surface area contributed by atoms with Crippen LogP contribution in [0, 0.1) is 10.1 Å². The van der Waals surface area contributed by atoms with Gasteiger partial charge in [0.2, 0.25) is 10.0 Å². The van der Waals surface area contributed by atoms with Crippen molar-refractivity contribution in [3.8, 4) is 0 Å². The highest BCUT2D eigenvalue weighted by atomic mass is 32.2. The fourth-order valence-corrected chi connectivity index (χ4v) is 2.31. The summed E-state index contributed by atoms with van der Waals surface area (Å²) in [6.45, 7) is 2.30. The van der Waals surface area contributed by atoms with E-state index in [1.165, 1.54) is 12.1 Å². The maximum atomic E-state index is 11.2. The first-order valence-electron chi connectivity index (χ1n) is 6.07. The summed E-state index contributed by atoms with van der Waals surface area (Å²) in [5, 5.41) is 18.9. The molecule has 0 aromatic heterocycles. The number of nitrogens with one attached hydrogen (secondary N) is 1.